The minimum atomic E-state index is 0.497. The maximum Gasteiger partial charge on any atom is 0.152 e. The number of benzene rings is 1. The monoisotopic (exact) mass is 243 g/mol. The van der Waals surface area contributed by atoms with Crippen LogP contribution in [0.4, 0.5) is 0 Å². The molecule has 0 aliphatic rings. The molecule has 0 aliphatic heterocycles. The average Bonchev–Trinajstić information content (AvgIpc) is 2.75. The predicted molar refractivity (Wildman–Crippen MR) is 67.2 cm³/mol. The van der Waals surface area contributed by atoms with Gasteiger partial charge in [0.25, 0.3) is 0 Å². The Morgan fingerprint density at radius 3 is 2.76 bits per heavy atom. The van der Waals surface area contributed by atoms with Gasteiger partial charge in [0.15, 0.2) is 5.52 Å². The average molecular weight is 243 g/mol. The summed E-state index contributed by atoms with van der Waals surface area (Å²) in [4.78, 5) is 0. The molecule has 1 aromatic carbocycles. The van der Waals surface area contributed by atoms with Crippen molar-refractivity contribution in [1.29, 1.82) is 0 Å². The van der Waals surface area contributed by atoms with Gasteiger partial charge in [0.1, 0.15) is 16.1 Å². The fourth-order valence-corrected chi connectivity index (χ4v) is 2.01. The summed E-state index contributed by atoms with van der Waals surface area (Å²) in [6.45, 7) is 1.86. The molecule has 0 aliphatic carbocycles. The first kappa shape index (κ1) is 10.2. The van der Waals surface area contributed by atoms with Gasteiger partial charge in [0, 0.05) is 5.56 Å². The van der Waals surface area contributed by atoms with Crippen LogP contribution >= 0.6 is 12.2 Å². The number of nitrogens with zero attached hydrogens (tertiary/aromatic N) is 2. The Morgan fingerprint density at radius 1 is 1.24 bits per heavy atom. The third-order valence-electron chi connectivity index (χ3n) is 2.63. The Kier molecular flexibility index (Phi) is 2.26. The number of nitrogens with one attached hydrogen (secondary N) is 1. The molecule has 0 saturated heterocycles. The molecule has 0 atom stereocenters. The van der Waals surface area contributed by atoms with Crippen molar-refractivity contribution in [2.75, 3.05) is 0 Å². The summed E-state index contributed by atoms with van der Waals surface area (Å²) in [6, 6.07) is 9.88. The molecule has 2 aromatic heterocycles. The first-order valence-electron chi connectivity index (χ1n) is 5.17. The zero-order chi connectivity index (χ0) is 11.8. The largest absolute Gasteiger partial charge is 0.360 e. The fourth-order valence-electron chi connectivity index (χ4n) is 1.83. The molecule has 2 heterocycles. The lowest BCUT2D eigenvalue weighted by atomic mass is 10.1. The summed E-state index contributed by atoms with van der Waals surface area (Å²) >= 11 is 5.14. The van der Waals surface area contributed by atoms with Crippen molar-refractivity contribution < 1.29 is 4.52 Å². The van der Waals surface area contributed by atoms with E-state index in [4.69, 9.17) is 16.7 Å². The van der Waals surface area contributed by atoms with Gasteiger partial charge in [-0.15, -0.1) is 0 Å². The summed E-state index contributed by atoms with van der Waals surface area (Å²) in [6.07, 6.45) is 0. The second kappa shape index (κ2) is 3.78. The van der Waals surface area contributed by atoms with Gasteiger partial charge >= 0.3 is 0 Å². The minimum Gasteiger partial charge on any atom is -0.360 e. The molecule has 84 valence electrons. The predicted octanol–water partition coefficient (Wildman–Crippen LogP) is 3.26. The van der Waals surface area contributed by atoms with Crippen molar-refractivity contribution in [3.8, 4) is 11.3 Å². The Morgan fingerprint density at radius 2 is 2.00 bits per heavy atom. The van der Waals surface area contributed by atoms with Crippen molar-refractivity contribution in [2.24, 2.45) is 0 Å². The van der Waals surface area contributed by atoms with Gasteiger partial charge in [-0.2, -0.15) is 5.10 Å². The highest BCUT2D eigenvalue weighted by Gasteiger charge is 2.13. The first-order chi connectivity index (χ1) is 8.27. The number of fused-ring (bicyclic) bond motifs is 1. The van der Waals surface area contributed by atoms with Crippen molar-refractivity contribution in [1.82, 2.24) is 15.4 Å². The topological polar surface area (TPSA) is 54.7 Å². The van der Waals surface area contributed by atoms with Crippen LogP contribution in [0.2, 0.25) is 0 Å². The Hall–Kier alpha value is -2.01. The number of aromatic nitrogens is 3. The molecule has 0 fully saturated rings. The lowest BCUT2D eigenvalue weighted by Gasteiger charge is -2.01. The molecular weight excluding hydrogens is 234 g/mol. The Labute approximate surface area is 102 Å². The molecule has 4 nitrogen and oxygen atoms in total. The maximum absolute atomic E-state index is 5.18. The van der Waals surface area contributed by atoms with E-state index in [0.29, 0.717) is 10.2 Å². The minimum absolute atomic E-state index is 0.497. The van der Waals surface area contributed by atoms with Gasteiger partial charge in [-0.25, -0.2) is 0 Å². The molecule has 5 heteroatoms. The van der Waals surface area contributed by atoms with Gasteiger partial charge in [-0.1, -0.05) is 47.7 Å². The normalized spacial score (nSPS) is 10.9. The van der Waals surface area contributed by atoms with E-state index in [0.717, 1.165) is 22.4 Å². The van der Waals surface area contributed by atoms with Crippen LogP contribution in [0.1, 0.15) is 5.76 Å². The molecule has 0 radical (unpaired) electrons. The molecular formula is C12H9N3OS. The molecule has 0 unspecified atom stereocenters. The number of H-pyrrole nitrogens is 1. The smallest absolute Gasteiger partial charge is 0.152 e. The van der Waals surface area contributed by atoms with E-state index in [1.165, 1.54) is 0 Å². The van der Waals surface area contributed by atoms with Crippen molar-refractivity contribution >= 4 is 23.1 Å². The molecule has 0 saturated carbocycles. The van der Waals surface area contributed by atoms with Crippen LogP contribution in [0.25, 0.3) is 22.2 Å². The van der Waals surface area contributed by atoms with E-state index in [1.54, 1.807) is 0 Å². The van der Waals surface area contributed by atoms with Crippen LogP contribution in [0, 0.1) is 11.6 Å². The van der Waals surface area contributed by atoms with Gasteiger partial charge in [-0.05, 0) is 6.92 Å². The summed E-state index contributed by atoms with van der Waals surface area (Å²) in [7, 11) is 0. The standard InChI is InChI=1S/C12H9N3OS/c1-7-9-10(8-5-3-2-4-6-8)13-14-12(17)11(9)15-16-7/h2-6H,1H3,(H,14,17). The van der Waals surface area contributed by atoms with E-state index < -0.39 is 0 Å². The number of rotatable bonds is 1. The lowest BCUT2D eigenvalue weighted by Crippen LogP contribution is -1.90. The maximum atomic E-state index is 5.18. The van der Waals surface area contributed by atoms with Crippen LogP contribution in [0.5, 0.6) is 0 Å². The second-order valence-corrected chi connectivity index (χ2v) is 4.14. The zero-order valence-corrected chi connectivity index (χ0v) is 9.91. The molecule has 3 rings (SSSR count). The first-order valence-corrected chi connectivity index (χ1v) is 5.58. The number of hydrogen-bond donors (Lipinski definition) is 1. The van der Waals surface area contributed by atoms with Gasteiger partial charge in [-0.3, -0.25) is 5.10 Å². The van der Waals surface area contributed by atoms with E-state index in [9.17, 15) is 0 Å². The summed E-state index contributed by atoms with van der Waals surface area (Å²) in [5.41, 5.74) is 2.48. The van der Waals surface area contributed by atoms with Crippen molar-refractivity contribution in [2.45, 2.75) is 6.92 Å². The third-order valence-corrected chi connectivity index (χ3v) is 2.92. The van der Waals surface area contributed by atoms with E-state index in [1.807, 2.05) is 37.3 Å². The molecule has 0 bridgehead atoms. The number of aryl methyl sites for hydroxylation is 1. The summed E-state index contributed by atoms with van der Waals surface area (Å²) < 4.78 is 5.68. The highest BCUT2D eigenvalue weighted by atomic mass is 32.1. The van der Waals surface area contributed by atoms with E-state index >= 15 is 0 Å². The summed E-state index contributed by atoms with van der Waals surface area (Å²) in [5.74, 6) is 0.728. The van der Waals surface area contributed by atoms with Crippen LogP contribution in [-0.4, -0.2) is 15.4 Å². The van der Waals surface area contributed by atoms with E-state index in [-0.39, 0.29) is 0 Å². The molecule has 3 aromatic rings. The van der Waals surface area contributed by atoms with Crippen LogP contribution in [-0.2, 0) is 0 Å². The fraction of sp³-hybridized carbons (Fsp3) is 0.0833. The lowest BCUT2D eigenvalue weighted by molar-refractivity contribution is 0.405. The molecule has 0 spiro atoms. The Balaban J connectivity index is 2.42. The molecule has 0 amide bonds. The molecule has 17 heavy (non-hydrogen) atoms. The van der Waals surface area contributed by atoms with Crippen molar-refractivity contribution in [3.63, 3.8) is 0 Å². The quantitative estimate of drug-likeness (QED) is 0.666. The second-order valence-electron chi connectivity index (χ2n) is 3.73. The van der Waals surface area contributed by atoms with Gasteiger partial charge < -0.3 is 4.52 Å². The van der Waals surface area contributed by atoms with Crippen LogP contribution in [0.3, 0.4) is 0 Å². The highest BCUT2D eigenvalue weighted by molar-refractivity contribution is 7.71. The van der Waals surface area contributed by atoms with Gasteiger partial charge in [0.2, 0.25) is 0 Å². The Bertz CT molecular complexity index is 730. The highest BCUT2D eigenvalue weighted by Crippen LogP contribution is 2.28. The SMILES string of the molecule is Cc1onc2c(=S)[nH]nc(-c3ccccc3)c12. The van der Waals surface area contributed by atoms with E-state index in [2.05, 4.69) is 15.4 Å². The summed E-state index contributed by atoms with van der Waals surface area (Å²) in [5, 5.41) is 11.9. The van der Waals surface area contributed by atoms with Crippen LogP contribution in [0.15, 0.2) is 34.9 Å². The molecule has 1 N–H and O–H groups in total. The third kappa shape index (κ3) is 1.55. The van der Waals surface area contributed by atoms with Crippen LogP contribution < -0.4 is 0 Å². The number of aromatic amines is 1. The van der Waals surface area contributed by atoms with Crippen molar-refractivity contribution in [3.05, 3.63) is 40.7 Å². The number of hydrogen-bond acceptors (Lipinski definition) is 4. The van der Waals surface area contributed by atoms with Gasteiger partial charge in [0.05, 0.1) is 5.39 Å². The zero-order valence-electron chi connectivity index (χ0n) is 9.10.